The first-order chi connectivity index (χ1) is 6.38. The lowest BCUT2D eigenvalue weighted by Gasteiger charge is -2.09. The summed E-state index contributed by atoms with van der Waals surface area (Å²) >= 11 is 0. The van der Waals surface area contributed by atoms with Gasteiger partial charge in [-0.25, -0.2) is 4.68 Å². The molecule has 0 aliphatic carbocycles. The van der Waals surface area contributed by atoms with Crippen LogP contribution < -0.4 is 0 Å². The molecular formula is C9H10N4. The summed E-state index contributed by atoms with van der Waals surface area (Å²) < 4.78 is 1.73. The second kappa shape index (κ2) is 3.35. The van der Waals surface area contributed by atoms with Gasteiger partial charge < -0.3 is 0 Å². The summed E-state index contributed by atoms with van der Waals surface area (Å²) in [5.74, 6) is 0. The van der Waals surface area contributed by atoms with E-state index in [1.54, 1.807) is 11.0 Å². The molecule has 0 unspecified atom stereocenters. The van der Waals surface area contributed by atoms with E-state index in [0.717, 1.165) is 0 Å². The van der Waals surface area contributed by atoms with Gasteiger partial charge >= 0.3 is 0 Å². The van der Waals surface area contributed by atoms with Crippen LogP contribution in [0.5, 0.6) is 0 Å². The topological polar surface area (TPSA) is 43.6 Å². The fraction of sp³-hybridized carbons (Fsp3) is 0.222. The number of nitrogens with zero attached hydrogens (tertiary/aromatic N) is 4. The Morgan fingerprint density at radius 1 is 1.23 bits per heavy atom. The lowest BCUT2D eigenvalue weighted by Crippen LogP contribution is -2.07. The Balaban J connectivity index is 2.29. The Morgan fingerprint density at radius 3 is 2.62 bits per heavy atom. The minimum absolute atomic E-state index is 0.191. The van der Waals surface area contributed by atoms with Crippen molar-refractivity contribution in [3.8, 4) is 0 Å². The summed E-state index contributed by atoms with van der Waals surface area (Å²) in [5, 5.41) is 11.1. The van der Waals surface area contributed by atoms with Gasteiger partial charge in [0.1, 0.15) is 6.33 Å². The third-order valence-corrected chi connectivity index (χ3v) is 2.04. The quantitative estimate of drug-likeness (QED) is 0.688. The highest BCUT2D eigenvalue weighted by Gasteiger charge is 2.06. The highest BCUT2D eigenvalue weighted by atomic mass is 15.5. The molecule has 2 rings (SSSR count). The minimum Gasteiger partial charge on any atom is -0.225 e. The summed E-state index contributed by atoms with van der Waals surface area (Å²) in [6.07, 6.45) is 1.62. The van der Waals surface area contributed by atoms with E-state index in [2.05, 4.69) is 34.6 Å². The minimum atomic E-state index is 0.191. The van der Waals surface area contributed by atoms with E-state index >= 15 is 0 Å². The van der Waals surface area contributed by atoms with Crippen molar-refractivity contribution < 1.29 is 0 Å². The van der Waals surface area contributed by atoms with Gasteiger partial charge in [-0.3, -0.25) is 0 Å². The third-order valence-electron chi connectivity index (χ3n) is 2.04. The highest BCUT2D eigenvalue weighted by Crippen LogP contribution is 2.14. The zero-order valence-corrected chi connectivity index (χ0v) is 7.33. The van der Waals surface area contributed by atoms with Crippen LogP contribution in [-0.2, 0) is 0 Å². The number of aromatic nitrogens is 4. The van der Waals surface area contributed by atoms with Gasteiger partial charge in [-0.2, -0.15) is 0 Å². The third kappa shape index (κ3) is 1.56. The molecule has 0 spiro atoms. The van der Waals surface area contributed by atoms with Crippen LogP contribution in [0.2, 0.25) is 0 Å². The van der Waals surface area contributed by atoms with Crippen LogP contribution in [0.15, 0.2) is 36.7 Å². The van der Waals surface area contributed by atoms with Crippen LogP contribution in [0.1, 0.15) is 18.5 Å². The van der Waals surface area contributed by atoms with Crippen LogP contribution in [0.3, 0.4) is 0 Å². The molecular weight excluding hydrogens is 164 g/mol. The number of rotatable bonds is 2. The molecule has 66 valence electrons. The van der Waals surface area contributed by atoms with Crippen molar-refractivity contribution in [1.29, 1.82) is 0 Å². The summed E-state index contributed by atoms with van der Waals surface area (Å²) in [4.78, 5) is 0. The van der Waals surface area contributed by atoms with Crippen molar-refractivity contribution in [2.45, 2.75) is 13.0 Å². The lowest BCUT2D eigenvalue weighted by molar-refractivity contribution is 0.543. The van der Waals surface area contributed by atoms with Crippen LogP contribution in [0, 0.1) is 0 Å². The van der Waals surface area contributed by atoms with Crippen LogP contribution in [0.4, 0.5) is 0 Å². The van der Waals surface area contributed by atoms with E-state index in [-0.39, 0.29) is 6.04 Å². The Hall–Kier alpha value is -1.71. The molecule has 4 heteroatoms. The molecule has 0 bridgehead atoms. The molecule has 0 N–H and O–H groups in total. The largest absolute Gasteiger partial charge is 0.225 e. The lowest BCUT2D eigenvalue weighted by atomic mass is 10.1. The Morgan fingerprint density at radius 2 is 2.00 bits per heavy atom. The molecule has 4 nitrogen and oxygen atoms in total. The summed E-state index contributed by atoms with van der Waals surface area (Å²) in [7, 11) is 0. The second-order valence-electron chi connectivity index (χ2n) is 2.88. The standard InChI is InChI=1S/C9H10N4/c1-8(13-7-10-11-12-13)9-5-3-2-4-6-9/h2-8H,1H3/t8-/m1/s1. The highest BCUT2D eigenvalue weighted by molar-refractivity contribution is 5.18. The zero-order valence-electron chi connectivity index (χ0n) is 7.33. The molecule has 2 aromatic rings. The predicted molar refractivity (Wildman–Crippen MR) is 48.1 cm³/mol. The molecule has 0 amide bonds. The molecule has 0 radical (unpaired) electrons. The number of hydrogen-bond acceptors (Lipinski definition) is 3. The van der Waals surface area contributed by atoms with Crippen molar-refractivity contribution in [1.82, 2.24) is 20.2 Å². The summed E-state index contributed by atoms with van der Waals surface area (Å²) in [6, 6.07) is 10.3. The second-order valence-corrected chi connectivity index (χ2v) is 2.88. The molecule has 0 aliphatic heterocycles. The molecule has 1 heterocycles. The average molecular weight is 174 g/mol. The first-order valence-electron chi connectivity index (χ1n) is 4.15. The predicted octanol–water partition coefficient (Wildman–Crippen LogP) is 1.28. The normalized spacial score (nSPS) is 12.7. The summed E-state index contributed by atoms with van der Waals surface area (Å²) in [5.41, 5.74) is 1.20. The average Bonchev–Trinajstić information content (AvgIpc) is 2.71. The molecule has 1 atom stereocenters. The van der Waals surface area contributed by atoms with E-state index in [1.165, 1.54) is 5.56 Å². The fourth-order valence-corrected chi connectivity index (χ4v) is 1.23. The Bertz CT molecular complexity index is 354. The molecule has 0 saturated carbocycles. The van der Waals surface area contributed by atoms with Crippen molar-refractivity contribution in [2.75, 3.05) is 0 Å². The van der Waals surface area contributed by atoms with Gasteiger partial charge in [0.05, 0.1) is 6.04 Å². The Labute approximate surface area is 76.2 Å². The van der Waals surface area contributed by atoms with E-state index in [0.29, 0.717) is 0 Å². The number of benzene rings is 1. The van der Waals surface area contributed by atoms with Gasteiger partial charge in [-0.1, -0.05) is 30.3 Å². The van der Waals surface area contributed by atoms with Crippen LogP contribution in [-0.4, -0.2) is 20.2 Å². The van der Waals surface area contributed by atoms with Gasteiger partial charge in [0.25, 0.3) is 0 Å². The molecule has 0 aliphatic rings. The fourth-order valence-electron chi connectivity index (χ4n) is 1.23. The molecule has 0 saturated heterocycles. The van der Waals surface area contributed by atoms with E-state index in [4.69, 9.17) is 0 Å². The molecule has 1 aromatic heterocycles. The summed E-state index contributed by atoms with van der Waals surface area (Å²) in [6.45, 7) is 2.06. The smallest absolute Gasteiger partial charge is 0.138 e. The van der Waals surface area contributed by atoms with E-state index in [9.17, 15) is 0 Å². The zero-order chi connectivity index (χ0) is 9.10. The van der Waals surface area contributed by atoms with E-state index in [1.807, 2.05) is 18.2 Å². The first-order valence-corrected chi connectivity index (χ1v) is 4.15. The molecule has 1 aromatic carbocycles. The van der Waals surface area contributed by atoms with Crippen molar-refractivity contribution >= 4 is 0 Å². The van der Waals surface area contributed by atoms with Gasteiger partial charge in [0.2, 0.25) is 0 Å². The monoisotopic (exact) mass is 174 g/mol. The SMILES string of the molecule is C[C@H](c1ccccc1)n1cnnn1. The van der Waals surface area contributed by atoms with Gasteiger partial charge in [-0.05, 0) is 22.9 Å². The van der Waals surface area contributed by atoms with E-state index < -0.39 is 0 Å². The van der Waals surface area contributed by atoms with Gasteiger partial charge in [0, 0.05) is 0 Å². The maximum absolute atomic E-state index is 3.85. The first kappa shape index (κ1) is 7.91. The van der Waals surface area contributed by atoms with Crippen LogP contribution >= 0.6 is 0 Å². The molecule has 13 heavy (non-hydrogen) atoms. The maximum Gasteiger partial charge on any atom is 0.138 e. The van der Waals surface area contributed by atoms with Crippen LogP contribution in [0.25, 0.3) is 0 Å². The van der Waals surface area contributed by atoms with Crippen molar-refractivity contribution in [3.05, 3.63) is 42.2 Å². The maximum atomic E-state index is 3.85. The van der Waals surface area contributed by atoms with Crippen molar-refractivity contribution in [2.24, 2.45) is 0 Å². The van der Waals surface area contributed by atoms with Crippen molar-refractivity contribution in [3.63, 3.8) is 0 Å². The number of hydrogen-bond donors (Lipinski definition) is 0. The van der Waals surface area contributed by atoms with Gasteiger partial charge in [0.15, 0.2) is 0 Å². The Kier molecular flexibility index (Phi) is 2.04. The van der Waals surface area contributed by atoms with Gasteiger partial charge in [-0.15, -0.1) is 5.10 Å². The molecule has 0 fully saturated rings. The number of tetrazole rings is 1.